The molecule has 4 amide bonds. The average molecular weight is 945 g/mol. The van der Waals surface area contributed by atoms with Gasteiger partial charge in [0.2, 0.25) is 23.6 Å². The highest BCUT2D eigenvalue weighted by Crippen LogP contribution is 2.52. The van der Waals surface area contributed by atoms with Crippen molar-refractivity contribution in [1.82, 2.24) is 9.80 Å². The minimum Gasteiger partial charge on any atom is -0.493 e. The fourth-order valence-corrected chi connectivity index (χ4v) is 11.8. The number of amides is 4. The summed E-state index contributed by atoms with van der Waals surface area (Å²) in [5, 5.41) is 0. The third kappa shape index (κ3) is 11.0. The zero-order valence-corrected chi connectivity index (χ0v) is 41.8. The summed E-state index contributed by atoms with van der Waals surface area (Å²) in [7, 11) is 0. The van der Waals surface area contributed by atoms with Gasteiger partial charge in [0.25, 0.3) is 0 Å². The number of likely N-dealkylation sites (tertiary alicyclic amines) is 2. The Morgan fingerprint density at radius 1 is 0.500 bits per heavy atom. The van der Waals surface area contributed by atoms with E-state index in [1.54, 1.807) is 0 Å². The number of ether oxygens (including phenoxy) is 3. The van der Waals surface area contributed by atoms with Gasteiger partial charge in [0.15, 0.2) is 11.5 Å². The van der Waals surface area contributed by atoms with Crippen molar-refractivity contribution in [2.45, 2.75) is 118 Å². The maximum atomic E-state index is 14.5. The lowest BCUT2D eigenvalue weighted by molar-refractivity contribution is -0.143. The summed E-state index contributed by atoms with van der Waals surface area (Å²) in [5.41, 5.74) is 6.53. The molecule has 2 aliphatic carbocycles. The number of nitrogens with zero attached hydrogens (tertiary/aromatic N) is 2. The van der Waals surface area contributed by atoms with Crippen molar-refractivity contribution < 1.29 is 33.4 Å². The molecule has 0 spiro atoms. The van der Waals surface area contributed by atoms with Crippen LogP contribution in [0, 0.1) is 68.1 Å². The number of allylic oxidation sites excluding steroid dienone is 4. The van der Waals surface area contributed by atoms with Gasteiger partial charge in [-0.25, -0.2) is 0 Å². The summed E-state index contributed by atoms with van der Waals surface area (Å²) in [4.78, 5) is 60.2. The van der Waals surface area contributed by atoms with E-state index in [0.717, 1.165) is 57.5 Å². The normalized spacial score (nSPS) is 23.9. The molecule has 70 heavy (non-hydrogen) atoms. The molecule has 2 saturated carbocycles. The maximum Gasteiger partial charge on any atom is 0.234 e. The van der Waals surface area contributed by atoms with Crippen LogP contribution in [-0.2, 0) is 45.5 Å². The van der Waals surface area contributed by atoms with Crippen LogP contribution in [0.2, 0.25) is 0 Å². The summed E-state index contributed by atoms with van der Waals surface area (Å²) >= 11 is 0. The third-order valence-corrected chi connectivity index (χ3v) is 15.3. The number of benzene rings is 4. The molecule has 0 bridgehead atoms. The number of rotatable bonds is 24. The zero-order valence-electron chi connectivity index (χ0n) is 41.8. The Balaban J connectivity index is 0.935. The molecular formula is C61H72N2O7. The van der Waals surface area contributed by atoms with E-state index in [9.17, 15) is 19.2 Å². The lowest BCUT2D eigenvalue weighted by Crippen LogP contribution is -2.33. The first-order chi connectivity index (χ1) is 34.0. The number of aryl methyl sites for hydroxylation is 3. The molecule has 0 radical (unpaired) electrons. The van der Waals surface area contributed by atoms with Crippen LogP contribution in [0.5, 0.6) is 17.2 Å². The zero-order chi connectivity index (χ0) is 49.3. The fourth-order valence-electron chi connectivity index (χ4n) is 11.8. The minimum absolute atomic E-state index is 0.0976. The van der Waals surface area contributed by atoms with E-state index < -0.39 is 23.7 Å². The van der Waals surface area contributed by atoms with Crippen molar-refractivity contribution >= 4 is 23.6 Å². The first kappa shape index (κ1) is 50.2. The molecule has 8 rings (SSSR count). The van der Waals surface area contributed by atoms with E-state index in [0.29, 0.717) is 44.2 Å². The molecule has 4 fully saturated rings. The van der Waals surface area contributed by atoms with E-state index in [4.69, 9.17) is 14.2 Å². The lowest BCUT2D eigenvalue weighted by Gasteiger charge is -2.22. The third-order valence-electron chi connectivity index (χ3n) is 15.3. The van der Waals surface area contributed by atoms with Crippen LogP contribution in [0.15, 0.2) is 122 Å². The molecular weight excluding hydrogens is 873 g/mol. The second-order valence-electron chi connectivity index (χ2n) is 20.3. The van der Waals surface area contributed by atoms with Gasteiger partial charge < -0.3 is 14.2 Å². The molecule has 4 aliphatic rings. The van der Waals surface area contributed by atoms with Crippen molar-refractivity contribution in [1.29, 1.82) is 0 Å². The summed E-state index contributed by atoms with van der Waals surface area (Å²) < 4.78 is 19.0. The Bertz CT molecular complexity index is 2530. The van der Waals surface area contributed by atoms with Gasteiger partial charge in [-0.1, -0.05) is 155 Å². The minimum atomic E-state index is -0.557. The van der Waals surface area contributed by atoms with E-state index >= 15 is 0 Å². The van der Waals surface area contributed by atoms with E-state index in [1.807, 2.05) is 118 Å². The smallest absolute Gasteiger partial charge is 0.234 e. The van der Waals surface area contributed by atoms with Gasteiger partial charge in [-0.3, -0.25) is 29.0 Å². The standard InChI is InChI=1S/C61H72N2O7/c1-7-10-11-12-13-14-15-22-29-68-56-40(4)30-45(31-41(56)5)36-62-58(64)52-47(8-2)34-49(54(52)60(62)66)27-28-50-35-48(9-3)53-55(50)61(67)63(59(53)65)37-46-32-42(6)57(70-39-44-25-20-17-21-26-44)51(33-46)69-38-43-23-18-16-19-24-43/h8-9,16-21,23-28,30-33,47-50,52-55H,2-3,7,10-15,22,29,34-39H2,1,4-6H3/b28-27-. The highest BCUT2D eigenvalue weighted by atomic mass is 16.5. The molecule has 9 nitrogen and oxygen atoms in total. The molecule has 368 valence electrons. The number of carbonyl (C=O) groups is 4. The van der Waals surface area contributed by atoms with Gasteiger partial charge in [-0.05, 0) is 109 Å². The number of carbonyl (C=O) groups excluding carboxylic acids is 4. The van der Waals surface area contributed by atoms with Gasteiger partial charge >= 0.3 is 0 Å². The van der Waals surface area contributed by atoms with Crippen LogP contribution >= 0.6 is 0 Å². The molecule has 8 unspecified atom stereocenters. The van der Waals surface area contributed by atoms with Crippen LogP contribution in [0.4, 0.5) is 0 Å². The predicted molar refractivity (Wildman–Crippen MR) is 275 cm³/mol. The van der Waals surface area contributed by atoms with E-state index in [1.165, 1.54) is 48.3 Å². The van der Waals surface area contributed by atoms with Gasteiger partial charge in [0.1, 0.15) is 19.0 Å². The Morgan fingerprint density at radius 2 is 0.914 bits per heavy atom. The Hall–Kier alpha value is -6.22. The lowest BCUT2D eigenvalue weighted by atomic mass is 9.86. The van der Waals surface area contributed by atoms with Crippen LogP contribution in [0.1, 0.15) is 110 Å². The van der Waals surface area contributed by atoms with Crippen molar-refractivity contribution in [2.75, 3.05) is 6.61 Å². The molecule has 2 saturated heterocycles. The largest absolute Gasteiger partial charge is 0.493 e. The van der Waals surface area contributed by atoms with Gasteiger partial charge in [-0.15, -0.1) is 13.2 Å². The van der Waals surface area contributed by atoms with Gasteiger partial charge in [0.05, 0.1) is 43.4 Å². The van der Waals surface area contributed by atoms with Crippen LogP contribution in [0.25, 0.3) is 0 Å². The summed E-state index contributed by atoms with van der Waals surface area (Å²) in [6.45, 7) is 18.1. The average Bonchev–Trinajstić information content (AvgIpc) is 4.06. The predicted octanol–water partition coefficient (Wildman–Crippen LogP) is 12.4. The summed E-state index contributed by atoms with van der Waals surface area (Å²) in [5.74, 6) is -1.55. The van der Waals surface area contributed by atoms with Crippen molar-refractivity contribution in [2.24, 2.45) is 47.3 Å². The molecule has 4 aromatic rings. The highest BCUT2D eigenvalue weighted by Gasteiger charge is 2.59. The second kappa shape index (κ2) is 23.1. The van der Waals surface area contributed by atoms with Gasteiger partial charge in [-0.2, -0.15) is 0 Å². The second-order valence-corrected chi connectivity index (χ2v) is 20.3. The molecule has 0 aromatic heterocycles. The fraction of sp³-hybridized carbons (Fsp3) is 0.443. The topological polar surface area (TPSA) is 102 Å². The highest BCUT2D eigenvalue weighted by molar-refractivity contribution is 6.07. The van der Waals surface area contributed by atoms with Crippen molar-refractivity contribution in [3.8, 4) is 17.2 Å². The molecule has 2 aliphatic heterocycles. The van der Waals surface area contributed by atoms with E-state index in [2.05, 4.69) is 32.2 Å². The monoisotopic (exact) mass is 945 g/mol. The number of imide groups is 2. The van der Waals surface area contributed by atoms with Gasteiger partial charge in [0, 0.05) is 0 Å². The van der Waals surface area contributed by atoms with E-state index in [-0.39, 0.29) is 60.4 Å². The molecule has 2 heterocycles. The molecule has 8 atom stereocenters. The summed E-state index contributed by atoms with van der Waals surface area (Å²) in [6, 6.07) is 27.8. The quantitative estimate of drug-likeness (QED) is 0.0392. The number of hydrogen-bond donors (Lipinski definition) is 0. The number of fused-ring (bicyclic) bond motifs is 2. The Kier molecular flexibility index (Phi) is 16.6. The maximum absolute atomic E-state index is 14.5. The first-order valence-electron chi connectivity index (χ1n) is 25.8. The van der Waals surface area contributed by atoms with Crippen LogP contribution < -0.4 is 14.2 Å². The first-order valence-corrected chi connectivity index (χ1v) is 25.8. The number of unbranched alkanes of at least 4 members (excludes halogenated alkanes) is 7. The van der Waals surface area contributed by atoms with Crippen LogP contribution in [-0.4, -0.2) is 40.0 Å². The van der Waals surface area contributed by atoms with Crippen molar-refractivity contribution in [3.63, 3.8) is 0 Å². The molecule has 4 aromatic carbocycles. The Morgan fingerprint density at radius 3 is 1.39 bits per heavy atom. The molecule has 9 heteroatoms. The summed E-state index contributed by atoms with van der Waals surface area (Å²) in [6.07, 6.45) is 18.9. The molecule has 0 N–H and O–H groups in total. The van der Waals surface area contributed by atoms with Crippen LogP contribution in [0.3, 0.4) is 0 Å². The Labute approximate surface area is 416 Å². The SMILES string of the molecule is C=CC1CC(/C=C\C2CC(C=C)C3C(=O)N(Cc4cc(C)c(OCc5ccccc5)c(OCc5ccccc5)c4)C(=O)C23)C2C(=O)N(Cc3cc(C)c(OCCCCCCCCCC)c(C)c3)C(=O)C12. The van der Waals surface area contributed by atoms with Crippen molar-refractivity contribution in [3.05, 3.63) is 161 Å². The number of hydrogen-bond acceptors (Lipinski definition) is 7.